The van der Waals surface area contributed by atoms with Gasteiger partial charge in [0.05, 0.1) is 0 Å². The zero-order valence-electron chi connectivity index (χ0n) is 10.3. The van der Waals surface area contributed by atoms with Crippen LogP contribution in [0.5, 0.6) is 11.5 Å². The van der Waals surface area contributed by atoms with Crippen LogP contribution in [0.2, 0.25) is 0 Å². The van der Waals surface area contributed by atoms with E-state index in [0.29, 0.717) is 12.4 Å². The first-order valence-electron chi connectivity index (χ1n) is 5.86. The van der Waals surface area contributed by atoms with Crippen molar-refractivity contribution in [2.24, 2.45) is 5.84 Å². The van der Waals surface area contributed by atoms with E-state index in [0.717, 1.165) is 5.69 Å². The van der Waals surface area contributed by atoms with E-state index >= 15 is 0 Å². The van der Waals surface area contributed by atoms with Gasteiger partial charge in [0.1, 0.15) is 19.0 Å². The molecule has 19 heavy (non-hydrogen) atoms. The van der Waals surface area contributed by atoms with Crippen molar-refractivity contribution in [2.75, 3.05) is 18.6 Å². The first-order chi connectivity index (χ1) is 9.29. The van der Waals surface area contributed by atoms with E-state index in [1.807, 2.05) is 0 Å². The van der Waals surface area contributed by atoms with Crippen LogP contribution in [-0.2, 0) is 0 Å². The minimum atomic E-state index is -0.374. The Balaban J connectivity index is 1.76. The zero-order chi connectivity index (χ0) is 13.5. The van der Waals surface area contributed by atoms with Gasteiger partial charge in [-0.15, -0.1) is 0 Å². The number of halogens is 1. The normalized spacial score (nSPS) is 10.0. The summed E-state index contributed by atoms with van der Waals surface area (Å²) in [6, 6.07) is 13.5. The summed E-state index contributed by atoms with van der Waals surface area (Å²) in [4.78, 5) is 0. The number of nitrogen functional groups attached to an aromatic ring is 1. The summed E-state index contributed by atoms with van der Waals surface area (Å²) in [5.74, 6) is 5.81. The van der Waals surface area contributed by atoms with E-state index in [1.165, 1.54) is 6.07 Å². The van der Waals surface area contributed by atoms with Crippen molar-refractivity contribution in [3.05, 3.63) is 54.3 Å². The standard InChI is InChI=1S/C14H15FN2O2/c15-13-3-1-2-4-14(13)19-10-9-18-12-7-5-11(17-16)6-8-12/h1-8,17H,9-10,16H2. The fraction of sp³-hybridized carbons (Fsp3) is 0.143. The van der Waals surface area contributed by atoms with Gasteiger partial charge in [-0.25, -0.2) is 4.39 Å². The number of hydrogen-bond donors (Lipinski definition) is 2. The second-order valence-electron chi connectivity index (χ2n) is 3.80. The lowest BCUT2D eigenvalue weighted by Crippen LogP contribution is -2.10. The second-order valence-corrected chi connectivity index (χ2v) is 3.80. The molecule has 0 aliphatic rings. The summed E-state index contributed by atoms with van der Waals surface area (Å²) in [6.45, 7) is 0.613. The van der Waals surface area contributed by atoms with Gasteiger partial charge in [0.2, 0.25) is 0 Å². The topological polar surface area (TPSA) is 56.5 Å². The molecule has 0 aliphatic heterocycles. The number of anilines is 1. The summed E-state index contributed by atoms with van der Waals surface area (Å²) >= 11 is 0. The Labute approximate surface area is 110 Å². The summed E-state index contributed by atoms with van der Waals surface area (Å²) in [7, 11) is 0. The van der Waals surface area contributed by atoms with Gasteiger partial charge in [-0.3, -0.25) is 5.84 Å². The highest BCUT2D eigenvalue weighted by molar-refractivity contribution is 5.45. The average Bonchev–Trinajstić information content (AvgIpc) is 2.46. The van der Waals surface area contributed by atoms with E-state index < -0.39 is 0 Å². The lowest BCUT2D eigenvalue weighted by Gasteiger charge is -2.09. The zero-order valence-corrected chi connectivity index (χ0v) is 10.3. The molecule has 0 heterocycles. The van der Waals surface area contributed by atoms with Crippen molar-refractivity contribution in [1.82, 2.24) is 0 Å². The fourth-order valence-electron chi connectivity index (χ4n) is 1.52. The van der Waals surface area contributed by atoms with Crippen molar-refractivity contribution >= 4 is 5.69 Å². The molecule has 0 fully saturated rings. The Kier molecular flexibility index (Phi) is 4.58. The fourth-order valence-corrected chi connectivity index (χ4v) is 1.52. The minimum Gasteiger partial charge on any atom is -0.490 e. The highest BCUT2D eigenvalue weighted by Gasteiger charge is 2.01. The number of para-hydroxylation sites is 1. The van der Waals surface area contributed by atoms with Gasteiger partial charge in [0.15, 0.2) is 11.6 Å². The second kappa shape index (κ2) is 6.61. The van der Waals surface area contributed by atoms with E-state index in [-0.39, 0.29) is 18.2 Å². The molecule has 4 nitrogen and oxygen atoms in total. The molecule has 0 aromatic heterocycles. The Hall–Kier alpha value is -2.27. The van der Waals surface area contributed by atoms with Gasteiger partial charge >= 0.3 is 0 Å². The van der Waals surface area contributed by atoms with Crippen LogP contribution in [0.4, 0.5) is 10.1 Å². The van der Waals surface area contributed by atoms with E-state index in [9.17, 15) is 4.39 Å². The first-order valence-corrected chi connectivity index (χ1v) is 5.86. The molecule has 3 N–H and O–H groups in total. The minimum absolute atomic E-state index is 0.230. The third-order valence-corrected chi connectivity index (χ3v) is 2.47. The van der Waals surface area contributed by atoms with Crippen molar-refractivity contribution in [1.29, 1.82) is 0 Å². The molecule has 2 aromatic carbocycles. The Morgan fingerprint density at radius 3 is 2.32 bits per heavy atom. The first kappa shape index (κ1) is 13.2. The van der Waals surface area contributed by atoms with Crippen LogP contribution in [0.3, 0.4) is 0 Å². The Bertz CT molecular complexity index is 517. The maximum Gasteiger partial charge on any atom is 0.165 e. The van der Waals surface area contributed by atoms with Crippen LogP contribution in [-0.4, -0.2) is 13.2 Å². The maximum atomic E-state index is 13.2. The lowest BCUT2D eigenvalue weighted by molar-refractivity contribution is 0.211. The Morgan fingerprint density at radius 2 is 1.63 bits per heavy atom. The molecule has 0 saturated carbocycles. The molecule has 0 atom stereocenters. The van der Waals surface area contributed by atoms with Crippen molar-refractivity contribution in [2.45, 2.75) is 0 Å². The molecule has 100 valence electrons. The van der Waals surface area contributed by atoms with Crippen LogP contribution < -0.4 is 20.7 Å². The maximum absolute atomic E-state index is 13.2. The van der Waals surface area contributed by atoms with Gasteiger partial charge in [-0.05, 0) is 36.4 Å². The summed E-state index contributed by atoms with van der Waals surface area (Å²) in [5.41, 5.74) is 3.33. The smallest absolute Gasteiger partial charge is 0.165 e. The number of hydrogen-bond acceptors (Lipinski definition) is 4. The lowest BCUT2D eigenvalue weighted by atomic mass is 10.3. The molecule has 0 saturated heterocycles. The third-order valence-electron chi connectivity index (χ3n) is 2.47. The molecule has 2 aromatic rings. The SMILES string of the molecule is NNc1ccc(OCCOc2ccccc2F)cc1. The Morgan fingerprint density at radius 1 is 0.947 bits per heavy atom. The van der Waals surface area contributed by atoms with Crippen LogP contribution in [0.25, 0.3) is 0 Å². The summed E-state index contributed by atoms with van der Waals surface area (Å²) in [6.07, 6.45) is 0. The van der Waals surface area contributed by atoms with E-state index in [2.05, 4.69) is 5.43 Å². The van der Waals surface area contributed by atoms with Crippen LogP contribution in [0.1, 0.15) is 0 Å². The van der Waals surface area contributed by atoms with E-state index in [4.69, 9.17) is 15.3 Å². The predicted molar refractivity (Wildman–Crippen MR) is 71.6 cm³/mol. The number of nitrogens with two attached hydrogens (primary N) is 1. The molecule has 0 radical (unpaired) electrons. The van der Waals surface area contributed by atoms with Crippen LogP contribution >= 0.6 is 0 Å². The molecular weight excluding hydrogens is 247 g/mol. The highest BCUT2D eigenvalue weighted by Crippen LogP contribution is 2.16. The van der Waals surface area contributed by atoms with Crippen LogP contribution in [0, 0.1) is 5.82 Å². The average molecular weight is 262 g/mol. The third kappa shape index (κ3) is 3.86. The number of rotatable bonds is 6. The molecule has 0 bridgehead atoms. The van der Waals surface area contributed by atoms with Crippen molar-refractivity contribution < 1.29 is 13.9 Å². The van der Waals surface area contributed by atoms with Gasteiger partial charge in [0, 0.05) is 5.69 Å². The number of ether oxygens (including phenoxy) is 2. The molecule has 2 rings (SSSR count). The van der Waals surface area contributed by atoms with E-state index in [1.54, 1.807) is 42.5 Å². The summed E-state index contributed by atoms with van der Waals surface area (Å²) < 4.78 is 24.0. The molecule has 0 aliphatic carbocycles. The monoisotopic (exact) mass is 262 g/mol. The molecule has 0 amide bonds. The van der Waals surface area contributed by atoms with Crippen LogP contribution in [0.15, 0.2) is 48.5 Å². The van der Waals surface area contributed by atoms with Gasteiger partial charge in [0.25, 0.3) is 0 Å². The van der Waals surface area contributed by atoms with Gasteiger partial charge in [-0.2, -0.15) is 0 Å². The number of nitrogens with one attached hydrogen (secondary N) is 1. The predicted octanol–water partition coefficient (Wildman–Crippen LogP) is 2.57. The number of hydrazine groups is 1. The highest BCUT2D eigenvalue weighted by atomic mass is 19.1. The molecule has 0 unspecified atom stereocenters. The largest absolute Gasteiger partial charge is 0.490 e. The van der Waals surface area contributed by atoms with Crippen molar-refractivity contribution in [3.63, 3.8) is 0 Å². The number of benzene rings is 2. The summed E-state index contributed by atoms with van der Waals surface area (Å²) in [5, 5.41) is 0. The van der Waals surface area contributed by atoms with Crippen molar-refractivity contribution in [3.8, 4) is 11.5 Å². The van der Waals surface area contributed by atoms with Gasteiger partial charge in [-0.1, -0.05) is 12.1 Å². The molecule has 5 heteroatoms. The molecular formula is C14H15FN2O2. The quantitative estimate of drug-likeness (QED) is 0.477. The molecule has 0 spiro atoms. The van der Waals surface area contributed by atoms with Gasteiger partial charge < -0.3 is 14.9 Å².